The summed E-state index contributed by atoms with van der Waals surface area (Å²) in [7, 11) is 0. The number of halogens is 1. The number of rotatable bonds is 9. The Labute approximate surface area is 188 Å². The van der Waals surface area contributed by atoms with Crippen LogP contribution in [-0.4, -0.2) is 41.1 Å². The Morgan fingerprint density at radius 1 is 1.16 bits per heavy atom. The average Bonchev–Trinajstić information content (AvgIpc) is 3.16. The van der Waals surface area contributed by atoms with E-state index in [-0.39, 0.29) is 19.3 Å². The molecule has 1 aromatic heterocycles. The molecule has 9 heteroatoms. The number of hydrogen-bond acceptors (Lipinski definition) is 6. The molecule has 0 fully saturated rings. The number of nitrogens with one attached hydrogen (secondary N) is 1. The lowest BCUT2D eigenvalue weighted by atomic mass is 10.2. The van der Waals surface area contributed by atoms with Crippen molar-refractivity contribution in [3.05, 3.63) is 58.7 Å². The van der Waals surface area contributed by atoms with Gasteiger partial charge in [0.05, 0.1) is 29.3 Å². The van der Waals surface area contributed by atoms with Gasteiger partial charge in [-0.2, -0.15) is 5.10 Å². The van der Waals surface area contributed by atoms with Crippen LogP contribution in [0.3, 0.4) is 0 Å². The second kappa shape index (κ2) is 10.8. The largest absolute Gasteiger partial charge is 0.481 e. The van der Waals surface area contributed by atoms with E-state index in [9.17, 15) is 9.59 Å². The SMILES string of the molecule is CCOC(=O)COc1ccc2cnn(CC(C)NC(=O)OCc3ccccc3)c2c1Br. The van der Waals surface area contributed by atoms with Gasteiger partial charge in [0.1, 0.15) is 12.4 Å². The van der Waals surface area contributed by atoms with Gasteiger partial charge in [0, 0.05) is 11.4 Å². The summed E-state index contributed by atoms with van der Waals surface area (Å²) in [6.07, 6.45) is 1.24. The number of hydrogen-bond donors (Lipinski definition) is 1. The molecular weight excluding hydrogens is 466 g/mol. The Morgan fingerprint density at radius 3 is 2.68 bits per heavy atom. The summed E-state index contributed by atoms with van der Waals surface area (Å²) in [5.41, 5.74) is 1.72. The lowest BCUT2D eigenvalue weighted by Crippen LogP contribution is -2.36. The summed E-state index contributed by atoms with van der Waals surface area (Å²) in [6, 6.07) is 12.9. The van der Waals surface area contributed by atoms with E-state index in [4.69, 9.17) is 14.2 Å². The van der Waals surface area contributed by atoms with Crippen LogP contribution in [0.15, 0.2) is 53.1 Å². The first-order chi connectivity index (χ1) is 15.0. The number of aromatic nitrogens is 2. The fourth-order valence-corrected chi connectivity index (χ4v) is 3.66. The monoisotopic (exact) mass is 489 g/mol. The van der Waals surface area contributed by atoms with Gasteiger partial charge < -0.3 is 19.5 Å². The molecule has 0 saturated carbocycles. The van der Waals surface area contributed by atoms with E-state index >= 15 is 0 Å². The predicted octanol–water partition coefficient (Wildman–Crippen LogP) is 4.06. The Balaban J connectivity index is 1.61. The zero-order chi connectivity index (χ0) is 22.2. The molecule has 0 aliphatic heterocycles. The molecule has 1 amide bonds. The van der Waals surface area contributed by atoms with Crippen molar-refractivity contribution in [1.29, 1.82) is 0 Å². The fourth-order valence-electron chi connectivity index (χ4n) is 2.98. The first-order valence-corrected chi connectivity index (χ1v) is 10.7. The maximum atomic E-state index is 12.1. The van der Waals surface area contributed by atoms with Crippen molar-refractivity contribution in [3.8, 4) is 5.75 Å². The van der Waals surface area contributed by atoms with Crippen molar-refractivity contribution in [2.75, 3.05) is 13.2 Å². The molecule has 0 saturated heterocycles. The fraction of sp³-hybridized carbons (Fsp3) is 0.318. The Kier molecular flexibility index (Phi) is 7.88. The minimum absolute atomic E-state index is 0.183. The second-order valence-corrected chi connectivity index (χ2v) is 7.64. The molecule has 2 aromatic carbocycles. The molecule has 8 nitrogen and oxygen atoms in total. The lowest BCUT2D eigenvalue weighted by Gasteiger charge is -2.16. The topological polar surface area (TPSA) is 91.7 Å². The summed E-state index contributed by atoms with van der Waals surface area (Å²) >= 11 is 3.54. The van der Waals surface area contributed by atoms with E-state index in [1.54, 1.807) is 23.9 Å². The summed E-state index contributed by atoms with van der Waals surface area (Å²) < 4.78 is 18.2. The molecule has 1 atom stereocenters. The zero-order valence-corrected chi connectivity index (χ0v) is 18.9. The minimum atomic E-state index is -0.495. The summed E-state index contributed by atoms with van der Waals surface area (Å²) in [5.74, 6) is 0.0695. The number of carbonyl (C=O) groups excluding carboxylic acids is 2. The normalized spacial score (nSPS) is 11.7. The van der Waals surface area contributed by atoms with Crippen LogP contribution >= 0.6 is 15.9 Å². The van der Waals surface area contributed by atoms with E-state index in [0.717, 1.165) is 16.5 Å². The van der Waals surface area contributed by atoms with Gasteiger partial charge in [-0.15, -0.1) is 0 Å². The van der Waals surface area contributed by atoms with Crippen molar-refractivity contribution in [2.24, 2.45) is 0 Å². The van der Waals surface area contributed by atoms with E-state index in [0.29, 0.717) is 23.4 Å². The molecule has 1 unspecified atom stereocenters. The highest BCUT2D eigenvalue weighted by Gasteiger charge is 2.16. The van der Waals surface area contributed by atoms with Crippen molar-refractivity contribution in [3.63, 3.8) is 0 Å². The third-order valence-electron chi connectivity index (χ3n) is 4.38. The van der Waals surface area contributed by atoms with E-state index in [1.807, 2.05) is 43.3 Å². The minimum Gasteiger partial charge on any atom is -0.481 e. The number of carbonyl (C=O) groups is 2. The zero-order valence-electron chi connectivity index (χ0n) is 17.3. The van der Waals surface area contributed by atoms with Crippen molar-refractivity contribution in [1.82, 2.24) is 15.1 Å². The molecule has 0 aliphatic carbocycles. The molecular formula is C22H24BrN3O5. The lowest BCUT2D eigenvalue weighted by molar-refractivity contribution is -0.145. The highest BCUT2D eigenvalue weighted by atomic mass is 79.9. The average molecular weight is 490 g/mol. The number of benzene rings is 2. The standard InChI is InChI=1S/C22H24BrN3O5/c1-3-29-19(27)14-30-18-10-9-17-11-24-26(21(17)20(18)23)12-15(2)25-22(28)31-13-16-7-5-4-6-8-16/h4-11,15H,3,12-14H2,1-2H3,(H,25,28). The van der Waals surface area contributed by atoms with Crippen LogP contribution in [0.1, 0.15) is 19.4 Å². The molecule has 0 spiro atoms. The highest BCUT2D eigenvalue weighted by molar-refractivity contribution is 9.10. The van der Waals surface area contributed by atoms with Crippen molar-refractivity contribution < 1.29 is 23.8 Å². The first kappa shape index (κ1) is 22.6. The molecule has 0 aliphatic rings. The molecule has 3 rings (SSSR count). The van der Waals surface area contributed by atoms with Crippen LogP contribution in [-0.2, 0) is 27.4 Å². The molecule has 164 valence electrons. The Morgan fingerprint density at radius 2 is 1.94 bits per heavy atom. The van der Waals surface area contributed by atoms with Gasteiger partial charge in [0.25, 0.3) is 0 Å². The number of fused-ring (bicyclic) bond motifs is 1. The van der Waals surface area contributed by atoms with Crippen LogP contribution in [0.2, 0.25) is 0 Å². The van der Waals surface area contributed by atoms with E-state index in [1.165, 1.54) is 0 Å². The smallest absolute Gasteiger partial charge is 0.407 e. The van der Waals surface area contributed by atoms with Crippen LogP contribution in [0.5, 0.6) is 5.75 Å². The van der Waals surface area contributed by atoms with Crippen molar-refractivity contribution in [2.45, 2.75) is 33.0 Å². The Hall–Kier alpha value is -3.07. The number of ether oxygens (including phenoxy) is 3. The van der Waals surface area contributed by atoms with Gasteiger partial charge in [-0.05, 0) is 47.5 Å². The number of esters is 1. The van der Waals surface area contributed by atoms with Gasteiger partial charge in [-0.3, -0.25) is 4.68 Å². The second-order valence-electron chi connectivity index (χ2n) is 6.84. The number of amides is 1. The molecule has 31 heavy (non-hydrogen) atoms. The van der Waals surface area contributed by atoms with Gasteiger partial charge in [0.2, 0.25) is 0 Å². The molecule has 1 N–H and O–H groups in total. The van der Waals surface area contributed by atoms with Gasteiger partial charge in [-0.1, -0.05) is 30.3 Å². The van der Waals surface area contributed by atoms with Crippen LogP contribution in [0, 0.1) is 0 Å². The summed E-state index contributed by atoms with van der Waals surface area (Å²) in [6.45, 7) is 4.35. The first-order valence-electron chi connectivity index (χ1n) is 9.87. The van der Waals surface area contributed by atoms with Gasteiger partial charge in [0.15, 0.2) is 6.61 Å². The van der Waals surface area contributed by atoms with Gasteiger partial charge >= 0.3 is 12.1 Å². The van der Waals surface area contributed by atoms with Crippen LogP contribution in [0.4, 0.5) is 4.79 Å². The van der Waals surface area contributed by atoms with Crippen LogP contribution < -0.4 is 10.1 Å². The summed E-state index contributed by atoms with van der Waals surface area (Å²) in [4.78, 5) is 23.7. The quantitative estimate of drug-likeness (QED) is 0.455. The molecule has 0 bridgehead atoms. The van der Waals surface area contributed by atoms with Crippen LogP contribution in [0.25, 0.3) is 10.9 Å². The third-order valence-corrected chi connectivity index (χ3v) is 5.15. The number of nitrogens with zero attached hydrogens (tertiary/aromatic N) is 2. The maximum Gasteiger partial charge on any atom is 0.407 e. The maximum absolute atomic E-state index is 12.1. The summed E-state index contributed by atoms with van der Waals surface area (Å²) in [5, 5.41) is 8.12. The van der Waals surface area contributed by atoms with Crippen molar-refractivity contribution >= 4 is 38.9 Å². The Bertz CT molecular complexity index is 1040. The highest BCUT2D eigenvalue weighted by Crippen LogP contribution is 2.33. The van der Waals surface area contributed by atoms with E-state index < -0.39 is 12.1 Å². The predicted molar refractivity (Wildman–Crippen MR) is 119 cm³/mol. The third kappa shape index (κ3) is 6.21. The molecule has 1 heterocycles. The van der Waals surface area contributed by atoms with E-state index in [2.05, 4.69) is 26.3 Å². The van der Waals surface area contributed by atoms with Gasteiger partial charge in [-0.25, -0.2) is 9.59 Å². The number of alkyl carbamates (subject to hydrolysis) is 1. The molecule has 0 radical (unpaired) electrons. The molecule has 3 aromatic rings.